The van der Waals surface area contributed by atoms with Gasteiger partial charge in [-0.3, -0.25) is 14.6 Å². The quantitative estimate of drug-likeness (QED) is 0.857. The summed E-state index contributed by atoms with van der Waals surface area (Å²) in [5, 5.41) is 5.46. The zero-order valence-electron chi connectivity index (χ0n) is 13.8. The van der Waals surface area contributed by atoms with Crippen LogP contribution in [0, 0.1) is 0 Å². The van der Waals surface area contributed by atoms with Gasteiger partial charge in [-0.05, 0) is 24.3 Å². The molecule has 0 atom stereocenters. The molecule has 2 heterocycles. The number of hydrogen-bond donors (Lipinski definition) is 2. The van der Waals surface area contributed by atoms with E-state index in [9.17, 15) is 9.59 Å². The summed E-state index contributed by atoms with van der Waals surface area (Å²) >= 11 is 0. The van der Waals surface area contributed by atoms with Crippen molar-refractivity contribution in [2.45, 2.75) is 0 Å². The lowest BCUT2D eigenvalue weighted by molar-refractivity contribution is -0.115. The van der Waals surface area contributed by atoms with E-state index >= 15 is 0 Å². The minimum absolute atomic E-state index is 0.106. The van der Waals surface area contributed by atoms with E-state index in [1.54, 1.807) is 18.3 Å². The fourth-order valence-electron chi connectivity index (χ4n) is 2.61. The molecule has 2 aromatic rings. The second kappa shape index (κ2) is 8.25. The minimum Gasteiger partial charge on any atom is -0.378 e. The standard InChI is InChI=1S/C18H20N4O3/c23-17(13-20-18(24)14-4-3-7-19-12-14)21-15-5-1-2-6-16(15)22-8-10-25-11-9-22/h1-7,12H,8-11,13H2,(H,20,24)(H,21,23). The molecule has 1 saturated heterocycles. The summed E-state index contributed by atoms with van der Waals surface area (Å²) in [4.78, 5) is 30.2. The molecular formula is C18H20N4O3. The molecule has 1 aromatic carbocycles. The smallest absolute Gasteiger partial charge is 0.253 e. The van der Waals surface area contributed by atoms with Crippen LogP contribution in [0.4, 0.5) is 11.4 Å². The molecule has 2 N–H and O–H groups in total. The van der Waals surface area contributed by atoms with Gasteiger partial charge in [0, 0.05) is 25.5 Å². The molecule has 2 amide bonds. The maximum absolute atomic E-state index is 12.2. The number of para-hydroxylation sites is 2. The molecule has 130 valence electrons. The number of anilines is 2. The highest BCUT2D eigenvalue weighted by Gasteiger charge is 2.16. The van der Waals surface area contributed by atoms with Crippen molar-refractivity contribution in [1.82, 2.24) is 10.3 Å². The van der Waals surface area contributed by atoms with Crippen molar-refractivity contribution in [1.29, 1.82) is 0 Å². The van der Waals surface area contributed by atoms with Crippen molar-refractivity contribution in [2.24, 2.45) is 0 Å². The van der Waals surface area contributed by atoms with Gasteiger partial charge in [0.05, 0.1) is 36.7 Å². The molecule has 0 aliphatic carbocycles. The van der Waals surface area contributed by atoms with Gasteiger partial charge in [0.15, 0.2) is 0 Å². The second-order valence-corrected chi connectivity index (χ2v) is 5.59. The molecule has 1 aliphatic heterocycles. The van der Waals surface area contributed by atoms with Gasteiger partial charge < -0.3 is 20.3 Å². The maximum atomic E-state index is 12.2. The Labute approximate surface area is 146 Å². The largest absolute Gasteiger partial charge is 0.378 e. The third-order valence-electron chi connectivity index (χ3n) is 3.86. The number of ether oxygens (including phenoxy) is 1. The topological polar surface area (TPSA) is 83.6 Å². The van der Waals surface area contributed by atoms with Crippen LogP contribution in [0.5, 0.6) is 0 Å². The Bertz CT molecular complexity index is 730. The Balaban J connectivity index is 1.59. The molecule has 7 heteroatoms. The Hall–Kier alpha value is -2.93. The third-order valence-corrected chi connectivity index (χ3v) is 3.86. The van der Waals surface area contributed by atoms with Crippen LogP contribution in [0.15, 0.2) is 48.8 Å². The number of carbonyl (C=O) groups is 2. The molecule has 1 fully saturated rings. The van der Waals surface area contributed by atoms with E-state index < -0.39 is 0 Å². The average Bonchev–Trinajstić information content (AvgIpc) is 2.68. The second-order valence-electron chi connectivity index (χ2n) is 5.59. The van der Waals surface area contributed by atoms with Gasteiger partial charge in [0.2, 0.25) is 5.91 Å². The van der Waals surface area contributed by atoms with Gasteiger partial charge >= 0.3 is 0 Å². The molecule has 0 bridgehead atoms. The first-order valence-corrected chi connectivity index (χ1v) is 8.14. The average molecular weight is 340 g/mol. The highest BCUT2D eigenvalue weighted by Crippen LogP contribution is 2.26. The van der Waals surface area contributed by atoms with E-state index in [1.165, 1.54) is 6.20 Å². The van der Waals surface area contributed by atoms with Crippen LogP contribution >= 0.6 is 0 Å². The van der Waals surface area contributed by atoms with Crippen molar-refractivity contribution in [2.75, 3.05) is 43.1 Å². The first-order chi connectivity index (χ1) is 12.2. The van der Waals surface area contributed by atoms with Crippen LogP contribution in [-0.4, -0.2) is 49.6 Å². The van der Waals surface area contributed by atoms with E-state index in [-0.39, 0.29) is 18.4 Å². The van der Waals surface area contributed by atoms with E-state index in [0.29, 0.717) is 18.8 Å². The maximum Gasteiger partial charge on any atom is 0.253 e. The molecule has 1 aromatic heterocycles. The molecular weight excluding hydrogens is 320 g/mol. The summed E-state index contributed by atoms with van der Waals surface area (Å²) in [5.41, 5.74) is 2.10. The monoisotopic (exact) mass is 340 g/mol. The predicted octanol–water partition coefficient (Wildman–Crippen LogP) is 1.29. The van der Waals surface area contributed by atoms with Crippen LogP contribution in [0.2, 0.25) is 0 Å². The minimum atomic E-state index is -0.329. The number of aromatic nitrogens is 1. The van der Waals surface area contributed by atoms with Crippen molar-refractivity contribution < 1.29 is 14.3 Å². The first-order valence-electron chi connectivity index (χ1n) is 8.14. The number of morpholine rings is 1. The van der Waals surface area contributed by atoms with Crippen molar-refractivity contribution >= 4 is 23.2 Å². The Kier molecular flexibility index (Phi) is 5.58. The zero-order valence-corrected chi connectivity index (χ0v) is 13.8. The van der Waals surface area contributed by atoms with E-state index in [2.05, 4.69) is 20.5 Å². The predicted molar refractivity (Wildman–Crippen MR) is 94.7 cm³/mol. The number of nitrogens with zero attached hydrogens (tertiary/aromatic N) is 2. The molecule has 7 nitrogen and oxygen atoms in total. The Morgan fingerprint density at radius 2 is 1.92 bits per heavy atom. The number of rotatable bonds is 5. The Morgan fingerprint density at radius 1 is 1.12 bits per heavy atom. The van der Waals surface area contributed by atoms with Crippen molar-refractivity contribution in [3.63, 3.8) is 0 Å². The van der Waals surface area contributed by atoms with Gasteiger partial charge in [0.1, 0.15) is 0 Å². The zero-order chi connectivity index (χ0) is 17.5. The van der Waals surface area contributed by atoms with Crippen LogP contribution in [0.1, 0.15) is 10.4 Å². The molecule has 1 aliphatic rings. The number of carbonyl (C=O) groups excluding carboxylic acids is 2. The summed E-state index contributed by atoms with van der Waals surface area (Å²) in [5.74, 6) is -0.609. The van der Waals surface area contributed by atoms with Gasteiger partial charge in [0.25, 0.3) is 5.91 Å². The lowest BCUT2D eigenvalue weighted by Crippen LogP contribution is -2.37. The van der Waals surface area contributed by atoms with Crippen LogP contribution in [0.25, 0.3) is 0 Å². The fraction of sp³-hybridized carbons (Fsp3) is 0.278. The number of amides is 2. The summed E-state index contributed by atoms with van der Waals surface area (Å²) in [7, 11) is 0. The first kappa shape index (κ1) is 16.9. The molecule has 3 rings (SSSR count). The van der Waals surface area contributed by atoms with Crippen LogP contribution in [-0.2, 0) is 9.53 Å². The Morgan fingerprint density at radius 3 is 2.68 bits per heavy atom. The fourth-order valence-corrected chi connectivity index (χ4v) is 2.61. The van der Waals surface area contributed by atoms with Crippen molar-refractivity contribution in [3.8, 4) is 0 Å². The number of benzene rings is 1. The van der Waals surface area contributed by atoms with Gasteiger partial charge in [-0.2, -0.15) is 0 Å². The van der Waals surface area contributed by atoms with Gasteiger partial charge in [-0.25, -0.2) is 0 Å². The molecule has 0 spiro atoms. The van der Waals surface area contributed by atoms with Gasteiger partial charge in [-0.1, -0.05) is 12.1 Å². The third kappa shape index (κ3) is 4.54. The van der Waals surface area contributed by atoms with E-state index in [0.717, 1.165) is 24.5 Å². The molecule has 0 unspecified atom stereocenters. The lowest BCUT2D eigenvalue weighted by atomic mass is 10.2. The van der Waals surface area contributed by atoms with E-state index in [1.807, 2.05) is 24.3 Å². The van der Waals surface area contributed by atoms with Gasteiger partial charge in [-0.15, -0.1) is 0 Å². The van der Waals surface area contributed by atoms with E-state index in [4.69, 9.17) is 4.74 Å². The number of pyridine rings is 1. The molecule has 0 radical (unpaired) electrons. The summed E-state index contributed by atoms with van der Waals surface area (Å²) in [6.07, 6.45) is 3.05. The molecule has 0 saturated carbocycles. The van der Waals surface area contributed by atoms with Crippen LogP contribution < -0.4 is 15.5 Å². The summed E-state index contributed by atoms with van der Waals surface area (Å²) in [6.45, 7) is 2.80. The molecule has 25 heavy (non-hydrogen) atoms. The number of hydrogen-bond acceptors (Lipinski definition) is 5. The number of nitrogens with one attached hydrogen (secondary N) is 2. The van der Waals surface area contributed by atoms with Crippen LogP contribution in [0.3, 0.4) is 0 Å². The highest BCUT2D eigenvalue weighted by molar-refractivity contribution is 6.00. The highest BCUT2D eigenvalue weighted by atomic mass is 16.5. The summed E-state index contributed by atoms with van der Waals surface area (Å²) < 4.78 is 5.37. The normalized spacial score (nSPS) is 14.0. The summed E-state index contributed by atoms with van der Waals surface area (Å²) in [6, 6.07) is 10.9. The van der Waals surface area contributed by atoms with Crippen molar-refractivity contribution in [3.05, 3.63) is 54.4 Å². The SMILES string of the molecule is O=C(CNC(=O)c1cccnc1)Nc1ccccc1N1CCOCC1. The lowest BCUT2D eigenvalue weighted by Gasteiger charge is -2.30.